The lowest BCUT2D eigenvalue weighted by Crippen LogP contribution is -2.10. The first-order valence-corrected chi connectivity index (χ1v) is 9.13. The number of hydrogen-bond acceptors (Lipinski definition) is 6. The number of nitrogens with zero attached hydrogens (tertiary/aromatic N) is 4. The number of hydrogen-bond donors (Lipinski definition) is 2. The molecule has 0 aliphatic heterocycles. The van der Waals surface area contributed by atoms with Crippen LogP contribution >= 0.6 is 0 Å². The molecular formula is C21H14F6N6. The second-order valence-corrected chi connectivity index (χ2v) is 6.76. The Morgan fingerprint density at radius 2 is 1.52 bits per heavy atom. The molecule has 6 nitrogen and oxygen atoms in total. The van der Waals surface area contributed by atoms with Gasteiger partial charge in [-0.3, -0.25) is 0 Å². The molecule has 0 bridgehead atoms. The SMILES string of the molecule is Cc1c(C#N)c(Nc2ccccc2)nc(N)c1/N=N/c1cc(C(F)(F)F)cc(C(F)(F)F)c1. The monoisotopic (exact) mass is 464 g/mol. The molecule has 3 rings (SSSR count). The van der Waals surface area contributed by atoms with Gasteiger partial charge in [-0.25, -0.2) is 4.98 Å². The Hall–Kier alpha value is -4.14. The largest absolute Gasteiger partial charge is 0.416 e. The summed E-state index contributed by atoms with van der Waals surface area (Å²) in [6.45, 7) is 1.45. The fraction of sp³-hybridized carbons (Fsp3) is 0.143. The van der Waals surface area contributed by atoms with E-state index in [1.807, 2.05) is 6.07 Å². The Bertz CT molecular complexity index is 1210. The summed E-state index contributed by atoms with van der Waals surface area (Å²) in [7, 11) is 0. The van der Waals surface area contributed by atoms with Gasteiger partial charge in [-0.2, -0.15) is 36.7 Å². The van der Waals surface area contributed by atoms with Crippen molar-refractivity contribution in [3.8, 4) is 6.07 Å². The van der Waals surface area contributed by atoms with Gasteiger partial charge in [0.05, 0.1) is 22.4 Å². The lowest BCUT2D eigenvalue weighted by Gasteiger charge is -2.13. The second-order valence-electron chi connectivity index (χ2n) is 6.76. The van der Waals surface area contributed by atoms with E-state index < -0.39 is 29.2 Å². The summed E-state index contributed by atoms with van der Waals surface area (Å²) >= 11 is 0. The fourth-order valence-corrected chi connectivity index (χ4v) is 2.83. The second kappa shape index (κ2) is 8.78. The summed E-state index contributed by atoms with van der Waals surface area (Å²) in [6, 6.07) is 11.5. The van der Waals surface area contributed by atoms with E-state index in [4.69, 9.17) is 5.73 Å². The number of nitriles is 1. The van der Waals surface area contributed by atoms with Crippen molar-refractivity contribution in [1.82, 2.24) is 4.98 Å². The molecule has 1 aromatic heterocycles. The van der Waals surface area contributed by atoms with Gasteiger partial charge < -0.3 is 11.1 Å². The van der Waals surface area contributed by atoms with E-state index in [0.717, 1.165) is 0 Å². The van der Waals surface area contributed by atoms with Crippen LogP contribution in [0, 0.1) is 18.3 Å². The van der Waals surface area contributed by atoms with Crippen LogP contribution in [0.1, 0.15) is 22.3 Å². The van der Waals surface area contributed by atoms with Crippen LogP contribution in [0.15, 0.2) is 58.8 Å². The number of anilines is 3. The van der Waals surface area contributed by atoms with E-state index in [2.05, 4.69) is 20.5 Å². The van der Waals surface area contributed by atoms with Crippen molar-refractivity contribution in [3.63, 3.8) is 0 Å². The lowest BCUT2D eigenvalue weighted by atomic mass is 10.1. The highest BCUT2D eigenvalue weighted by Crippen LogP contribution is 2.39. The molecule has 0 amide bonds. The maximum absolute atomic E-state index is 13.0. The molecule has 0 unspecified atom stereocenters. The topological polar surface area (TPSA) is 99.5 Å². The molecule has 3 N–H and O–H groups in total. The average molecular weight is 464 g/mol. The van der Waals surface area contributed by atoms with Gasteiger partial charge in [0.25, 0.3) is 0 Å². The lowest BCUT2D eigenvalue weighted by molar-refractivity contribution is -0.143. The van der Waals surface area contributed by atoms with Gasteiger partial charge in [0.2, 0.25) is 0 Å². The van der Waals surface area contributed by atoms with Gasteiger partial charge in [-0.05, 0) is 37.3 Å². The Labute approximate surface area is 183 Å². The first-order valence-electron chi connectivity index (χ1n) is 9.13. The van der Waals surface area contributed by atoms with Crippen LogP contribution in [0.2, 0.25) is 0 Å². The quantitative estimate of drug-likeness (QED) is 0.319. The number of alkyl halides is 6. The van der Waals surface area contributed by atoms with Gasteiger partial charge in [-0.15, -0.1) is 5.11 Å². The third-order valence-electron chi connectivity index (χ3n) is 4.43. The number of aromatic nitrogens is 1. The van der Waals surface area contributed by atoms with Crippen molar-refractivity contribution >= 4 is 28.7 Å². The normalized spacial score (nSPS) is 12.1. The predicted molar refractivity (Wildman–Crippen MR) is 108 cm³/mol. The van der Waals surface area contributed by atoms with Crippen LogP contribution in [0.5, 0.6) is 0 Å². The van der Waals surface area contributed by atoms with Crippen molar-refractivity contribution in [3.05, 3.63) is 70.8 Å². The minimum Gasteiger partial charge on any atom is -0.382 e. The number of halogens is 6. The zero-order chi connectivity index (χ0) is 24.4. The number of azo groups is 1. The minimum absolute atomic E-state index is 0.0159. The molecule has 0 aliphatic rings. The van der Waals surface area contributed by atoms with Crippen molar-refractivity contribution < 1.29 is 26.3 Å². The van der Waals surface area contributed by atoms with E-state index in [-0.39, 0.29) is 34.5 Å². The van der Waals surface area contributed by atoms with Crippen LogP contribution < -0.4 is 11.1 Å². The van der Waals surface area contributed by atoms with Gasteiger partial charge in [0.1, 0.15) is 11.8 Å². The van der Waals surface area contributed by atoms with E-state index in [0.29, 0.717) is 17.8 Å². The van der Waals surface area contributed by atoms with Crippen molar-refractivity contribution in [2.24, 2.45) is 10.2 Å². The molecule has 0 radical (unpaired) electrons. The number of pyridine rings is 1. The number of benzene rings is 2. The molecule has 1 heterocycles. The van der Waals surface area contributed by atoms with Crippen LogP contribution in [0.3, 0.4) is 0 Å². The number of rotatable bonds is 4. The Balaban J connectivity index is 2.05. The van der Waals surface area contributed by atoms with E-state index in [1.165, 1.54) is 6.92 Å². The number of para-hydroxylation sites is 1. The summed E-state index contributed by atoms with van der Waals surface area (Å²) in [6.07, 6.45) is -10.1. The summed E-state index contributed by atoms with van der Waals surface area (Å²) in [4.78, 5) is 4.06. The van der Waals surface area contributed by atoms with Crippen LogP contribution in [0.25, 0.3) is 0 Å². The van der Waals surface area contributed by atoms with E-state index in [9.17, 15) is 31.6 Å². The van der Waals surface area contributed by atoms with Crippen molar-refractivity contribution in [2.75, 3.05) is 11.1 Å². The van der Waals surface area contributed by atoms with E-state index >= 15 is 0 Å². The first-order chi connectivity index (χ1) is 15.4. The smallest absolute Gasteiger partial charge is 0.382 e. The fourth-order valence-electron chi connectivity index (χ4n) is 2.83. The maximum atomic E-state index is 13.0. The summed E-state index contributed by atoms with van der Waals surface area (Å²) < 4.78 is 78.2. The maximum Gasteiger partial charge on any atom is 0.416 e. The zero-order valence-corrected chi connectivity index (χ0v) is 16.8. The first kappa shape index (κ1) is 23.5. The summed E-state index contributed by atoms with van der Waals surface area (Å²) in [5.41, 5.74) is 2.80. The van der Waals surface area contributed by atoms with E-state index in [1.54, 1.807) is 30.3 Å². The molecule has 0 aliphatic carbocycles. The molecule has 170 valence electrons. The molecular weight excluding hydrogens is 450 g/mol. The van der Waals surface area contributed by atoms with Crippen LogP contribution in [0.4, 0.5) is 55.0 Å². The molecule has 12 heteroatoms. The zero-order valence-electron chi connectivity index (χ0n) is 16.8. The van der Waals surface area contributed by atoms with Crippen molar-refractivity contribution in [2.45, 2.75) is 19.3 Å². The molecule has 2 aromatic carbocycles. The highest BCUT2D eigenvalue weighted by atomic mass is 19.4. The van der Waals surface area contributed by atoms with Gasteiger partial charge in [-0.1, -0.05) is 18.2 Å². The molecule has 0 atom stereocenters. The third kappa shape index (κ3) is 5.38. The summed E-state index contributed by atoms with van der Waals surface area (Å²) in [5, 5.41) is 19.7. The average Bonchev–Trinajstić information content (AvgIpc) is 2.73. The number of nitrogen functional groups attached to an aromatic ring is 1. The van der Waals surface area contributed by atoms with Gasteiger partial charge >= 0.3 is 12.4 Å². The Kier molecular flexibility index (Phi) is 6.25. The molecule has 33 heavy (non-hydrogen) atoms. The molecule has 0 saturated carbocycles. The van der Waals surface area contributed by atoms with Crippen molar-refractivity contribution in [1.29, 1.82) is 5.26 Å². The molecule has 3 aromatic rings. The Morgan fingerprint density at radius 3 is 2.03 bits per heavy atom. The molecule has 0 saturated heterocycles. The highest BCUT2D eigenvalue weighted by molar-refractivity contribution is 5.75. The number of nitrogens with two attached hydrogens (primary N) is 1. The third-order valence-corrected chi connectivity index (χ3v) is 4.43. The summed E-state index contributed by atoms with van der Waals surface area (Å²) in [5.74, 6) is -0.118. The predicted octanol–water partition coefficient (Wildman–Crippen LogP) is 7.04. The number of nitrogens with one attached hydrogen (secondary N) is 1. The molecule has 0 spiro atoms. The van der Waals surface area contributed by atoms with Crippen LogP contribution in [-0.2, 0) is 12.4 Å². The van der Waals surface area contributed by atoms with Gasteiger partial charge in [0, 0.05) is 11.3 Å². The molecule has 0 fully saturated rings. The highest BCUT2D eigenvalue weighted by Gasteiger charge is 2.37. The standard InChI is InChI=1S/C21H14F6N6/c1-11-16(10-28)19(30-14-5-3-2-4-6-14)31-18(29)17(11)33-32-15-8-12(20(22,23)24)7-13(9-15)21(25,26)27/h2-9H,1H3,(H3,29,30,31)/b33-32+. The van der Waals surface area contributed by atoms with Crippen LogP contribution in [-0.4, -0.2) is 4.98 Å². The Morgan fingerprint density at radius 1 is 0.939 bits per heavy atom. The minimum atomic E-state index is -5.03. The van der Waals surface area contributed by atoms with Gasteiger partial charge in [0.15, 0.2) is 11.6 Å².